The number of aromatic nitrogens is 1. The summed E-state index contributed by atoms with van der Waals surface area (Å²) in [6, 6.07) is 15.9. The summed E-state index contributed by atoms with van der Waals surface area (Å²) in [4.78, 5) is 26.8. The van der Waals surface area contributed by atoms with Crippen molar-refractivity contribution in [3.63, 3.8) is 0 Å². The molecule has 1 aromatic heterocycles. The van der Waals surface area contributed by atoms with Crippen molar-refractivity contribution in [1.82, 2.24) is 9.47 Å². The number of nitrogens with zero attached hydrogens (tertiary/aromatic N) is 2. The second-order valence-electron chi connectivity index (χ2n) is 10.1. The largest absolute Gasteiger partial charge is 0.481 e. The number of fused-ring (bicyclic) bond motifs is 1. The minimum atomic E-state index is -0.751. The Labute approximate surface area is 217 Å². The van der Waals surface area contributed by atoms with Crippen molar-refractivity contribution in [1.29, 1.82) is 0 Å². The summed E-state index contributed by atoms with van der Waals surface area (Å²) in [5.74, 6) is -0.997. The zero-order valence-electron chi connectivity index (χ0n) is 21.3. The fourth-order valence-electron chi connectivity index (χ4n) is 5.46. The van der Waals surface area contributed by atoms with Crippen LogP contribution in [0.2, 0.25) is 0 Å². The second-order valence-corrected chi connectivity index (χ2v) is 10.1. The molecule has 192 valence electrons. The lowest BCUT2D eigenvalue weighted by molar-refractivity contribution is -0.150. The second kappa shape index (κ2) is 11.2. The normalized spacial score (nSPS) is 21.8. The lowest BCUT2D eigenvalue weighted by atomic mass is 9.86. The lowest BCUT2D eigenvalue weighted by Crippen LogP contribution is -2.34. The molecule has 6 nitrogen and oxygen atoms in total. The lowest BCUT2D eigenvalue weighted by Gasteiger charge is -2.28. The molecule has 1 fully saturated rings. The number of rotatable bonds is 9. The van der Waals surface area contributed by atoms with E-state index >= 15 is 0 Å². The van der Waals surface area contributed by atoms with Gasteiger partial charge in [-0.15, -0.1) is 0 Å². The van der Waals surface area contributed by atoms with E-state index in [0.29, 0.717) is 19.6 Å². The number of ketones is 1. The first kappa shape index (κ1) is 25.0. The first-order valence-corrected chi connectivity index (χ1v) is 13.1. The molecule has 0 bridgehead atoms. The van der Waals surface area contributed by atoms with Gasteiger partial charge in [-0.05, 0) is 60.9 Å². The number of Topliss-reactive ketones (excluding diaryl/α,β-unsaturated/α-hetero) is 1. The maximum absolute atomic E-state index is 13.3. The summed E-state index contributed by atoms with van der Waals surface area (Å²) >= 11 is 0. The Hall–Kier alpha value is -3.64. The standard InChI is InChI=1S/C31H34N2O4/c1-32-19-16-24-20-25(14-15-27(24)32)30(34)28-8-5-18-33(28)17-4-6-22-10-12-23(13-11-22)21-37-29-9-3-2-7-26(29)31(35)36/h4-6,10-16,18-20,26,28-29H,2-3,7-9,17,21H2,1H3,(H,35,36)/b6-4+. The average molecular weight is 499 g/mol. The Morgan fingerprint density at radius 3 is 2.70 bits per heavy atom. The van der Waals surface area contributed by atoms with Crippen LogP contribution < -0.4 is 0 Å². The molecule has 37 heavy (non-hydrogen) atoms. The van der Waals surface area contributed by atoms with Crippen molar-refractivity contribution in [2.24, 2.45) is 13.0 Å². The molecule has 3 atom stereocenters. The molecule has 1 N–H and O–H groups in total. The Kier molecular flexibility index (Phi) is 7.56. The van der Waals surface area contributed by atoms with Crippen LogP contribution in [-0.2, 0) is 23.2 Å². The third kappa shape index (κ3) is 5.70. The van der Waals surface area contributed by atoms with Crippen LogP contribution in [0.4, 0.5) is 0 Å². The molecule has 0 spiro atoms. The van der Waals surface area contributed by atoms with Gasteiger partial charge in [0, 0.05) is 36.3 Å². The topological polar surface area (TPSA) is 71.8 Å². The van der Waals surface area contributed by atoms with E-state index in [1.54, 1.807) is 0 Å². The van der Waals surface area contributed by atoms with Gasteiger partial charge in [0.25, 0.3) is 0 Å². The first-order valence-electron chi connectivity index (χ1n) is 13.1. The molecule has 2 aromatic carbocycles. The summed E-state index contributed by atoms with van der Waals surface area (Å²) in [6.07, 6.45) is 14.3. The van der Waals surface area contributed by atoms with E-state index in [2.05, 4.69) is 27.7 Å². The first-order chi connectivity index (χ1) is 18.0. The summed E-state index contributed by atoms with van der Waals surface area (Å²) in [5, 5.41) is 10.5. The van der Waals surface area contributed by atoms with Crippen LogP contribution in [0.15, 0.2) is 73.1 Å². The van der Waals surface area contributed by atoms with Crippen molar-refractivity contribution in [2.75, 3.05) is 6.54 Å². The van der Waals surface area contributed by atoms with Gasteiger partial charge < -0.3 is 19.3 Å². The van der Waals surface area contributed by atoms with E-state index in [1.165, 1.54) is 0 Å². The number of hydrogen-bond acceptors (Lipinski definition) is 4. The molecule has 0 saturated heterocycles. The van der Waals surface area contributed by atoms with E-state index in [9.17, 15) is 14.7 Å². The van der Waals surface area contributed by atoms with E-state index in [1.807, 2.05) is 68.0 Å². The molecule has 0 radical (unpaired) electrons. The summed E-state index contributed by atoms with van der Waals surface area (Å²) in [5.41, 5.74) is 3.99. The zero-order valence-corrected chi connectivity index (χ0v) is 21.3. The van der Waals surface area contributed by atoms with Crippen LogP contribution in [0.5, 0.6) is 0 Å². The number of aryl methyl sites for hydroxylation is 1. The van der Waals surface area contributed by atoms with Gasteiger partial charge >= 0.3 is 5.97 Å². The van der Waals surface area contributed by atoms with Crippen molar-refractivity contribution in [3.8, 4) is 0 Å². The third-order valence-electron chi connectivity index (χ3n) is 7.62. The van der Waals surface area contributed by atoms with Crippen molar-refractivity contribution in [3.05, 3.63) is 89.8 Å². The zero-order chi connectivity index (χ0) is 25.8. The molecular formula is C31H34N2O4. The predicted molar refractivity (Wildman–Crippen MR) is 145 cm³/mol. The Balaban J connectivity index is 1.15. The number of hydrogen-bond donors (Lipinski definition) is 1. The number of benzene rings is 2. The number of ether oxygens (including phenoxy) is 1. The minimum Gasteiger partial charge on any atom is -0.481 e. The molecule has 1 saturated carbocycles. The fraction of sp³-hybridized carbons (Fsp3) is 0.355. The highest BCUT2D eigenvalue weighted by Gasteiger charge is 2.31. The van der Waals surface area contributed by atoms with E-state index < -0.39 is 11.9 Å². The monoisotopic (exact) mass is 498 g/mol. The van der Waals surface area contributed by atoms with E-state index in [0.717, 1.165) is 53.3 Å². The fourth-order valence-corrected chi connectivity index (χ4v) is 5.46. The maximum atomic E-state index is 13.3. The van der Waals surface area contributed by atoms with Gasteiger partial charge in [0.15, 0.2) is 5.78 Å². The molecule has 2 heterocycles. The number of carboxylic acids is 1. The van der Waals surface area contributed by atoms with Gasteiger partial charge in [-0.3, -0.25) is 9.59 Å². The molecule has 1 aliphatic carbocycles. The van der Waals surface area contributed by atoms with Crippen molar-refractivity contribution >= 4 is 28.7 Å². The van der Waals surface area contributed by atoms with Gasteiger partial charge in [0.05, 0.1) is 24.7 Å². The number of carbonyl (C=O) groups is 2. The molecule has 2 aliphatic rings. The average Bonchev–Trinajstić information content (AvgIpc) is 3.54. The third-order valence-corrected chi connectivity index (χ3v) is 7.62. The highest BCUT2D eigenvalue weighted by Crippen LogP contribution is 2.28. The SMILES string of the molecule is Cn1ccc2cc(C(=O)C3CC=CN3C/C=C/c3ccc(COC4CCCCC4C(=O)O)cc3)ccc21. The Morgan fingerprint density at radius 1 is 1.08 bits per heavy atom. The van der Waals surface area contributed by atoms with Crippen molar-refractivity contribution < 1.29 is 19.4 Å². The van der Waals surface area contributed by atoms with Gasteiger partial charge in [0.1, 0.15) is 0 Å². The molecular weight excluding hydrogens is 464 g/mol. The molecule has 3 aromatic rings. The predicted octanol–water partition coefficient (Wildman–Crippen LogP) is 5.82. The van der Waals surface area contributed by atoms with Crippen LogP contribution in [-0.4, -0.2) is 45.0 Å². The van der Waals surface area contributed by atoms with E-state index in [4.69, 9.17) is 4.74 Å². The van der Waals surface area contributed by atoms with Crippen LogP contribution >= 0.6 is 0 Å². The number of carboxylic acid groups (broad SMARTS) is 1. The maximum Gasteiger partial charge on any atom is 0.309 e. The highest BCUT2D eigenvalue weighted by molar-refractivity contribution is 6.03. The summed E-state index contributed by atoms with van der Waals surface area (Å²) < 4.78 is 8.04. The van der Waals surface area contributed by atoms with Crippen molar-refractivity contribution in [2.45, 2.75) is 50.9 Å². The van der Waals surface area contributed by atoms with Crippen LogP contribution in [0.25, 0.3) is 17.0 Å². The van der Waals surface area contributed by atoms with Crippen LogP contribution in [0.3, 0.4) is 0 Å². The molecule has 3 unspecified atom stereocenters. The van der Waals surface area contributed by atoms with Gasteiger partial charge in [-0.1, -0.05) is 55.3 Å². The van der Waals surface area contributed by atoms with E-state index in [-0.39, 0.29) is 17.9 Å². The minimum absolute atomic E-state index is 0.150. The quantitative estimate of drug-likeness (QED) is 0.376. The number of aliphatic carboxylic acids is 1. The molecule has 5 rings (SSSR count). The Morgan fingerprint density at radius 2 is 1.89 bits per heavy atom. The smallest absolute Gasteiger partial charge is 0.309 e. The van der Waals surface area contributed by atoms with Crippen LogP contribution in [0, 0.1) is 5.92 Å². The van der Waals surface area contributed by atoms with Gasteiger partial charge in [0.2, 0.25) is 0 Å². The molecule has 6 heteroatoms. The summed E-state index contributed by atoms with van der Waals surface area (Å²) in [7, 11) is 2.01. The highest BCUT2D eigenvalue weighted by atomic mass is 16.5. The summed E-state index contributed by atoms with van der Waals surface area (Å²) in [6.45, 7) is 1.08. The molecule has 0 amide bonds. The van der Waals surface area contributed by atoms with Gasteiger partial charge in [-0.2, -0.15) is 0 Å². The van der Waals surface area contributed by atoms with Crippen LogP contribution in [0.1, 0.15) is 53.6 Å². The number of carbonyl (C=O) groups excluding carboxylic acids is 1. The Bertz CT molecular complexity index is 1320. The van der Waals surface area contributed by atoms with Gasteiger partial charge in [-0.25, -0.2) is 0 Å². The molecule has 1 aliphatic heterocycles.